The van der Waals surface area contributed by atoms with Crippen molar-refractivity contribution in [1.82, 2.24) is 6.15 Å². The fourth-order valence-electron chi connectivity index (χ4n) is 0. The van der Waals surface area contributed by atoms with Gasteiger partial charge in [0.25, 0.3) is 0 Å². The van der Waals surface area contributed by atoms with Gasteiger partial charge in [-0.2, -0.15) is 0 Å². The third kappa shape index (κ3) is 922. The molecule has 0 rings (SSSR count). The smallest absolute Gasteiger partial charge is 0.759 e. The minimum Gasteiger partial charge on any atom is -0.759 e. The van der Waals surface area contributed by atoms with Crippen LogP contribution < -0.4 is 6.15 Å². The summed E-state index contributed by atoms with van der Waals surface area (Å²) in [6.07, 6.45) is 0. The van der Waals surface area contributed by atoms with Crippen LogP contribution in [-0.2, 0) is 27.8 Å². The monoisotopic (exact) mass is 166 g/mol. The molecule has 0 aromatic rings. The minimum atomic E-state index is -5.17. The molecule has 0 saturated heterocycles. The van der Waals surface area contributed by atoms with Gasteiger partial charge in [-0.3, -0.25) is 8.42 Å². The van der Waals surface area contributed by atoms with E-state index < -0.39 is 10.4 Å². The third-order valence-corrected chi connectivity index (χ3v) is 0. The van der Waals surface area contributed by atoms with E-state index in [0.717, 1.165) is 0 Å². The topological polar surface area (TPSA) is 117 Å². The van der Waals surface area contributed by atoms with Crippen LogP contribution in [0.4, 0.5) is 0 Å². The largest absolute Gasteiger partial charge is 2.00 e. The van der Waals surface area contributed by atoms with E-state index in [2.05, 4.69) is 0 Å². The van der Waals surface area contributed by atoms with Crippen molar-refractivity contribution in [1.29, 1.82) is 0 Å². The molecular formula is H4CrNO4S+. The van der Waals surface area contributed by atoms with Gasteiger partial charge >= 0.3 is 17.4 Å². The van der Waals surface area contributed by atoms with Crippen molar-refractivity contribution >= 4 is 10.4 Å². The van der Waals surface area contributed by atoms with Gasteiger partial charge in [-0.05, 0) is 0 Å². The van der Waals surface area contributed by atoms with Gasteiger partial charge in [0.15, 0.2) is 0 Å². The first-order valence-corrected chi connectivity index (χ1v) is 2.00. The molecular weight excluding hydrogens is 162 g/mol. The molecule has 0 spiro atoms. The van der Waals surface area contributed by atoms with Crippen molar-refractivity contribution < 1.29 is 34.9 Å². The first kappa shape index (κ1) is 15.7. The van der Waals surface area contributed by atoms with Gasteiger partial charge < -0.3 is 15.3 Å². The Morgan fingerprint density at radius 2 is 1.14 bits per heavy atom. The molecule has 0 aliphatic rings. The van der Waals surface area contributed by atoms with Crippen molar-refractivity contribution in [2.45, 2.75) is 0 Å². The Bertz CT molecular complexity index is 94.9. The Balaban J connectivity index is -0.0000000800. The van der Waals surface area contributed by atoms with E-state index in [1.54, 1.807) is 0 Å². The van der Waals surface area contributed by atoms with Crippen LogP contribution >= 0.6 is 0 Å². The van der Waals surface area contributed by atoms with E-state index in [4.69, 9.17) is 17.5 Å². The summed E-state index contributed by atoms with van der Waals surface area (Å²) < 4.78 is 34.1. The Kier molecular flexibility index (Phi) is 10.1. The maximum Gasteiger partial charge on any atom is 2.00 e. The van der Waals surface area contributed by atoms with Crippen LogP contribution in [0.25, 0.3) is 0 Å². The molecule has 0 heterocycles. The van der Waals surface area contributed by atoms with Gasteiger partial charge in [0.2, 0.25) is 0 Å². The van der Waals surface area contributed by atoms with Crippen LogP contribution in [0, 0.1) is 0 Å². The van der Waals surface area contributed by atoms with Crippen LogP contribution in [0.1, 0.15) is 0 Å². The average Bonchev–Trinajstić information content (AvgIpc) is 0.722. The summed E-state index contributed by atoms with van der Waals surface area (Å²) in [6, 6.07) is 0. The van der Waals surface area contributed by atoms with Gasteiger partial charge in [0, 0.05) is 10.4 Å². The average molecular weight is 166 g/mol. The molecule has 0 aliphatic heterocycles. The molecule has 0 bridgehead atoms. The molecule has 7 heteroatoms. The van der Waals surface area contributed by atoms with Crippen molar-refractivity contribution in [2.75, 3.05) is 0 Å². The van der Waals surface area contributed by atoms with Gasteiger partial charge in [-0.25, -0.2) is 0 Å². The van der Waals surface area contributed by atoms with Gasteiger partial charge in [-0.1, -0.05) is 0 Å². The summed E-state index contributed by atoms with van der Waals surface area (Å²) in [5.41, 5.74) is 0. The standard InChI is InChI=1S/Cr.H3N.H2O4S/c;;1-5(2,3)4/h;1H3;(H2,1,2,3,4)/q+2;;/p-1. The van der Waals surface area contributed by atoms with Crippen LogP contribution in [0.3, 0.4) is 0 Å². The molecule has 0 atom stereocenters. The molecule has 4 N–H and O–H groups in total. The Hall–Kier alpha value is 0.362. The second-order valence-electron chi connectivity index (χ2n) is 0.408. The van der Waals surface area contributed by atoms with Crippen molar-refractivity contribution in [2.24, 2.45) is 0 Å². The SMILES string of the molecule is O=S(=O)([O-])[O-].[Cr+2].[NH4+]. The van der Waals surface area contributed by atoms with E-state index in [-0.39, 0.29) is 23.5 Å². The van der Waals surface area contributed by atoms with Gasteiger partial charge in [0.1, 0.15) is 0 Å². The minimum absolute atomic E-state index is 0. The zero-order chi connectivity index (χ0) is 4.50. The fraction of sp³-hybridized carbons (Fsp3) is 0. The van der Waals surface area contributed by atoms with Crippen molar-refractivity contribution in [3.05, 3.63) is 0 Å². The maximum absolute atomic E-state index is 8.52. The normalized spacial score (nSPS) is 8.29. The summed E-state index contributed by atoms with van der Waals surface area (Å²) in [4.78, 5) is 0. The number of hydrogen-bond acceptors (Lipinski definition) is 4. The molecule has 5 nitrogen and oxygen atoms in total. The molecule has 0 fully saturated rings. The number of hydrogen-bond donors (Lipinski definition) is 1. The molecule has 0 aromatic heterocycles. The van der Waals surface area contributed by atoms with Gasteiger partial charge in [-0.15, -0.1) is 0 Å². The number of quaternary nitrogens is 1. The molecule has 7 heavy (non-hydrogen) atoms. The molecule has 0 radical (unpaired) electrons. The molecule has 0 unspecified atom stereocenters. The van der Waals surface area contributed by atoms with Crippen LogP contribution in [0.5, 0.6) is 0 Å². The predicted octanol–water partition coefficient (Wildman–Crippen LogP) is -0.964. The quantitative estimate of drug-likeness (QED) is 0.368. The van der Waals surface area contributed by atoms with Crippen LogP contribution in [-0.4, -0.2) is 17.5 Å². The van der Waals surface area contributed by atoms with Crippen LogP contribution in [0.2, 0.25) is 0 Å². The van der Waals surface area contributed by atoms with E-state index in [0.29, 0.717) is 0 Å². The Morgan fingerprint density at radius 3 is 1.14 bits per heavy atom. The summed E-state index contributed by atoms with van der Waals surface area (Å²) >= 11 is 0. The van der Waals surface area contributed by atoms with E-state index in [9.17, 15) is 0 Å². The Morgan fingerprint density at radius 1 is 1.14 bits per heavy atom. The molecule has 0 aliphatic carbocycles. The molecule has 0 amide bonds. The zero-order valence-corrected chi connectivity index (χ0v) is 5.54. The van der Waals surface area contributed by atoms with Gasteiger partial charge in [0.05, 0.1) is 0 Å². The summed E-state index contributed by atoms with van der Waals surface area (Å²) in [7, 11) is -5.17. The first-order valence-electron chi connectivity index (χ1n) is 0.667. The molecule has 0 saturated carbocycles. The fourth-order valence-corrected chi connectivity index (χ4v) is 0. The molecule has 44 valence electrons. The summed E-state index contributed by atoms with van der Waals surface area (Å²) in [6.45, 7) is 0. The van der Waals surface area contributed by atoms with Crippen LogP contribution in [0.15, 0.2) is 0 Å². The Labute approximate surface area is 52.0 Å². The number of rotatable bonds is 0. The zero-order valence-electron chi connectivity index (χ0n) is 3.45. The first-order chi connectivity index (χ1) is 2.00. The second kappa shape index (κ2) is 4.52. The second-order valence-corrected chi connectivity index (χ2v) is 1.22. The van der Waals surface area contributed by atoms with Crippen molar-refractivity contribution in [3.8, 4) is 0 Å². The summed E-state index contributed by atoms with van der Waals surface area (Å²) in [5.74, 6) is 0. The predicted molar refractivity (Wildman–Crippen MR) is 16.5 cm³/mol. The van der Waals surface area contributed by atoms with E-state index in [1.807, 2.05) is 0 Å². The maximum atomic E-state index is 8.52. The van der Waals surface area contributed by atoms with Crippen molar-refractivity contribution in [3.63, 3.8) is 0 Å². The van der Waals surface area contributed by atoms with E-state index in [1.165, 1.54) is 0 Å². The third-order valence-electron chi connectivity index (χ3n) is 0. The summed E-state index contributed by atoms with van der Waals surface area (Å²) in [5, 5.41) is 0. The molecule has 0 aromatic carbocycles. The van der Waals surface area contributed by atoms with E-state index >= 15 is 0 Å².